The van der Waals surface area contributed by atoms with E-state index in [-0.39, 0.29) is 12.6 Å². The highest BCUT2D eigenvalue weighted by Crippen LogP contribution is 2.37. The van der Waals surface area contributed by atoms with Crippen molar-refractivity contribution in [3.8, 4) is 0 Å². The lowest BCUT2D eigenvalue weighted by Crippen LogP contribution is -2.54. The van der Waals surface area contributed by atoms with Gasteiger partial charge >= 0.3 is 12.0 Å². The number of hydrogen-bond donors (Lipinski definition) is 2. The normalized spacial score (nSPS) is 25.8. The number of amides is 2. The number of nitrogens with one attached hydrogen (secondary N) is 1. The van der Waals surface area contributed by atoms with Crippen molar-refractivity contribution in [1.29, 1.82) is 0 Å². The molecule has 2 aliphatic carbocycles. The second kappa shape index (κ2) is 5.83. The Morgan fingerprint density at radius 2 is 1.71 bits per heavy atom. The van der Waals surface area contributed by atoms with Gasteiger partial charge in [0.1, 0.15) is 0 Å². The Morgan fingerprint density at radius 1 is 1.10 bits per heavy atom. The van der Waals surface area contributed by atoms with E-state index in [2.05, 4.69) is 10.2 Å². The van der Waals surface area contributed by atoms with Gasteiger partial charge in [-0.15, -0.1) is 0 Å². The summed E-state index contributed by atoms with van der Waals surface area (Å²) < 4.78 is 0. The lowest BCUT2D eigenvalue weighted by atomic mass is 9.86. The molecule has 3 aliphatic rings. The number of rotatable bonds is 4. The maximum atomic E-state index is 12.2. The third-order valence-electron chi connectivity index (χ3n) is 5.26. The molecule has 6 heteroatoms. The summed E-state index contributed by atoms with van der Waals surface area (Å²) in [7, 11) is 0. The second-order valence-corrected chi connectivity index (χ2v) is 6.71. The lowest BCUT2D eigenvalue weighted by molar-refractivity contribution is -0.148. The van der Waals surface area contributed by atoms with Gasteiger partial charge in [-0.3, -0.25) is 9.69 Å². The van der Waals surface area contributed by atoms with E-state index in [0.717, 1.165) is 45.1 Å². The zero-order valence-electron chi connectivity index (χ0n) is 12.5. The van der Waals surface area contributed by atoms with Crippen LogP contribution in [0.2, 0.25) is 0 Å². The summed E-state index contributed by atoms with van der Waals surface area (Å²) in [4.78, 5) is 28.0. The summed E-state index contributed by atoms with van der Waals surface area (Å²) in [5.74, 6) is -0.765. The predicted molar refractivity (Wildman–Crippen MR) is 78.1 cm³/mol. The molecule has 21 heavy (non-hydrogen) atoms. The first-order valence-corrected chi connectivity index (χ1v) is 8.11. The maximum Gasteiger partial charge on any atom is 0.317 e. The number of carbonyl (C=O) groups excluding carboxylic acids is 1. The van der Waals surface area contributed by atoms with Crippen molar-refractivity contribution in [3.63, 3.8) is 0 Å². The van der Waals surface area contributed by atoms with Gasteiger partial charge in [0.25, 0.3) is 0 Å². The molecule has 6 nitrogen and oxygen atoms in total. The molecule has 3 rings (SSSR count). The first-order valence-electron chi connectivity index (χ1n) is 8.11. The second-order valence-electron chi connectivity index (χ2n) is 6.71. The molecular formula is C15H25N3O3. The topological polar surface area (TPSA) is 72.9 Å². The number of carbonyl (C=O) groups is 2. The predicted octanol–water partition coefficient (Wildman–Crippen LogP) is 1.12. The largest absolute Gasteiger partial charge is 0.481 e. The van der Waals surface area contributed by atoms with Gasteiger partial charge in [0.05, 0.1) is 5.41 Å². The average Bonchev–Trinajstić information content (AvgIpc) is 3.23. The smallest absolute Gasteiger partial charge is 0.317 e. The summed E-state index contributed by atoms with van der Waals surface area (Å²) >= 11 is 0. The number of aliphatic carboxylic acids is 1. The van der Waals surface area contributed by atoms with E-state index in [0.29, 0.717) is 12.8 Å². The monoisotopic (exact) mass is 295 g/mol. The first kappa shape index (κ1) is 14.6. The summed E-state index contributed by atoms with van der Waals surface area (Å²) in [5.41, 5.74) is -0.731. The third-order valence-corrected chi connectivity index (χ3v) is 5.26. The fourth-order valence-corrected chi connectivity index (χ4v) is 3.60. The van der Waals surface area contributed by atoms with E-state index < -0.39 is 11.4 Å². The number of carboxylic acids is 1. The van der Waals surface area contributed by atoms with Crippen LogP contribution < -0.4 is 5.32 Å². The van der Waals surface area contributed by atoms with Crippen LogP contribution in [-0.2, 0) is 4.79 Å². The van der Waals surface area contributed by atoms with E-state index >= 15 is 0 Å². The van der Waals surface area contributed by atoms with Crippen LogP contribution in [0.4, 0.5) is 4.79 Å². The van der Waals surface area contributed by atoms with E-state index in [4.69, 9.17) is 0 Å². The van der Waals surface area contributed by atoms with Gasteiger partial charge in [-0.1, -0.05) is 12.8 Å². The minimum Gasteiger partial charge on any atom is -0.481 e. The number of hydrogen-bond acceptors (Lipinski definition) is 3. The Hall–Kier alpha value is -1.30. The SMILES string of the molecule is O=C(NCC1(C(=O)O)CCCC1)N1CCN(C2CC2)CC1. The molecule has 0 unspecified atom stereocenters. The van der Waals surface area contributed by atoms with Crippen molar-refractivity contribution in [3.05, 3.63) is 0 Å². The van der Waals surface area contributed by atoms with Crippen LogP contribution >= 0.6 is 0 Å². The first-order chi connectivity index (χ1) is 10.1. The molecule has 0 aromatic rings. The van der Waals surface area contributed by atoms with Gasteiger partial charge in [0.2, 0.25) is 0 Å². The number of nitrogens with zero attached hydrogens (tertiary/aromatic N) is 2. The molecule has 2 saturated carbocycles. The highest BCUT2D eigenvalue weighted by molar-refractivity contribution is 5.78. The summed E-state index contributed by atoms with van der Waals surface area (Å²) in [5, 5.41) is 12.3. The fourth-order valence-electron chi connectivity index (χ4n) is 3.60. The van der Waals surface area contributed by atoms with E-state index in [9.17, 15) is 14.7 Å². The Labute approximate surface area is 125 Å². The minimum absolute atomic E-state index is 0.0991. The molecule has 2 N–H and O–H groups in total. The standard InChI is InChI=1S/C15H25N3O3/c19-13(20)15(5-1-2-6-15)11-16-14(21)18-9-7-17(8-10-18)12-3-4-12/h12H,1-11H2,(H,16,21)(H,19,20). The molecule has 1 aliphatic heterocycles. The van der Waals surface area contributed by atoms with Gasteiger partial charge in [-0.25, -0.2) is 4.79 Å². The van der Waals surface area contributed by atoms with Crippen molar-refractivity contribution < 1.29 is 14.7 Å². The Balaban J connectivity index is 1.46. The van der Waals surface area contributed by atoms with Crippen LogP contribution in [0.15, 0.2) is 0 Å². The molecule has 3 fully saturated rings. The molecule has 0 atom stereocenters. The molecule has 0 aromatic heterocycles. The van der Waals surface area contributed by atoms with Gasteiger partial charge < -0.3 is 15.3 Å². The molecule has 2 amide bonds. The van der Waals surface area contributed by atoms with Gasteiger partial charge in [0, 0.05) is 38.8 Å². The highest BCUT2D eigenvalue weighted by atomic mass is 16.4. The summed E-state index contributed by atoms with van der Waals surface area (Å²) in [6, 6.07) is 0.655. The molecule has 1 heterocycles. The average molecular weight is 295 g/mol. The number of urea groups is 1. The van der Waals surface area contributed by atoms with Crippen molar-refractivity contribution in [2.24, 2.45) is 5.41 Å². The highest BCUT2D eigenvalue weighted by Gasteiger charge is 2.42. The van der Waals surface area contributed by atoms with E-state index in [1.54, 1.807) is 0 Å². The molecule has 0 aromatic carbocycles. The maximum absolute atomic E-state index is 12.2. The number of piperazine rings is 1. The molecule has 118 valence electrons. The van der Waals surface area contributed by atoms with Crippen LogP contribution in [0.1, 0.15) is 38.5 Å². The molecular weight excluding hydrogens is 270 g/mol. The van der Waals surface area contributed by atoms with Crippen LogP contribution in [-0.4, -0.2) is 65.7 Å². The van der Waals surface area contributed by atoms with Crippen LogP contribution in [0.25, 0.3) is 0 Å². The van der Waals surface area contributed by atoms with E-state index in [1.165, 1.54) is 12.8 Å². The van der Waals surface area contributed by atoms with Crippen molar-refractivity contribution in [1.82, 2.24) is 15.1 Å². The zero-order chi connectivity index (χ0) is 14.9. The molecule has 0 bridgehead atoms. The van der Waals surface area contributed by atoms with Gasteiger partial charge in [-0.2, -0.15) is 0 Å². The van der Waals surface area contributed by atoms with Crippen LogP contribution in [0, 0.1) is 5.41 Å². The zero-order valence-corrected chi connectivity index (χ0v) is 12.5. The fraction of sp³-hybridized carbons (Fsp3) is 0.867. The summed E-state index contributed by atoms with van der Waals surface area (Å²) in [6.07, 6.45) is 5.85. The van der Waals surface area contributed by atoms with Gasteiger partial charge in [-0.05, 0) is 25.7 Å². The lowest BCUT2D eigenvalue weighted by Gasteiger charge is -2.35. The quantitative estimate of drug-likeness (QED) is 0.815. The van der Waals surface area contributed by atoms with Crippen molar-refractivity contribution in [2.45, 2.75) is 44.6 Å². The number of carboxylic acid groups (broad SMARTS) is 1. The van der Waals surface area contributed by atoms with Gasteiger partial charge in [0.15, 0.2) is 0 Å². The minimum atomic E-state index is -0.765. The van der Waals surface area contributed by atoms with Crippen molar-refractivity contribution in [2.75, 3.05) is 32.7 Å². The molecule has 0 radical (unpaired) electrons. The Bertz CT molecular complexity index is 408. The van der Waals surface area contributed by atoms with Crippen LogP contribution in [0.5, 0.6) is 0 Å². The Kier molecular flexibility index (Phi) is 4.06. The molecule has 0 spiro atoms. The Morgan fingerprint density at radius 3 is 2.24 bits per heavy atom. The summed E-state index contributed by atoms with van der Waals surface area (Å²) in [6.45, 7) is 3.67. The third kappa shape index (κ3) is 3.15. The molecule has 1 saturated heterocycles. The van der Waals surface area contributed by atoms with Crippen molar-refractivity contribution >= 4 is 12.0 Å². The van der Waals surface area contributed by atoms with Crippen LogP contribution in [0.3, 0.4) is 0 Å². The van der Waals surface area contributed by atoms with E-state index in [1.807, 2.05) is 4.90 Å².